The Labute approximate surface area is 103 Å². The minimum Gasteiger partial charge on any atom is -0.327 e. The highest BCUT2D eigenvalue weighted by Crippen LogP contribution is 2.19. The van der Waals surface area contributed by atoms with Crippen LogP contribution in [0.15, 0.2) is 18.2 Å². The van der Waals surface area contributed by atoms with E-state index in [9.17, 15) is 0 Å². The highest BCUT2D eigenvalue weighted by molar-refractivity contribution is 6.31. The van der Waals surface area contributed by atoms with Crippen LogP contribution >= 0.6 is 11.6 Å². The zero-order chi connectivity index (χ0) is 12.1. The lowest BCUT2D eigenvalue weighted by Gasteiger charge is -2.16. The van der Waals surface area contributed by atoms with Crippen LogP contribution in [0, 0.1) is 6.92 Å². The molecule has 90 valence electrons. The maximum Gasteiger partial charge on any atom is 0.0441 e. The van der Waals surface area contributed by atoms with Crippen LogP contribution in [-0.2, 0) is 6.42 Å². The van der Waals surface area contributed by atoms with E-state index in [0.29, 0.717) is 0 Å². The fourth-order valence-corrected chi connectivity index (χ4v) is 1.94. The lowest BCUT2D eigenvalue weighted by Crippen LogP contribution is -2.28. The normalized spacial score (nSPS) is 13.1. The SMILES string of the molecule is Cc1ccc(CC(N)CCN(C)C)c(Cl)c1. The number of benzene rings is 1. The molecular weight excluding hydrogens is 220 g/mol. The van der Waals surface area contributed by atoms with Crippen molar-refractivity contribution in [3.63, 3.8) is 0 Å². The van der Waals surface area contributed by atoms with E-state index in [1.807, 2.05) is 13.0 Å². The standard InChI is InChI=1S/C13H21ClN2/c1-10-4-5-11(13(14)8-10)9-12(15)6-7-16(2)3/h4-5,8,12H,6-7,9,15H2,1-3H3. The number of nitrogens with zero attached hydrogens (tertiary/aromatic N) is 1. The fourth-order valence-electron chi connectivity index (χ4n) is 1.63. The van der Waals surface area contributed by atoms with E-state index in [-0.39, 0.29) is 6.04 Å². The second-order valence-corrected chi connectivity index (χ2v) is 5.06. The summed E-state index contributed by atoms with van der Waals surface area (Å²) in [5.74, 6) is 0. The summed E-state index contributed by atoms with van der Waals surface area (Å²) in [5.41, 5.74) is 8.42. The number of halogens is 1. The van der Waals surface area contributed by atoms with Gasteiger partial charge >= 0.3 is 0 Å². The molecule has 0 bridgehead atoms. The van der Waals surface area contributed by atoms with Gasteiger partial charge in [0.2, 0.25) is 0 Å². The molecule has 0 aliphatic rings. The van der Waals surface area contributed by atoms with Crippen molar-refractivity contribution in [1.29, 1.82) is 0 Å². The van der Waals surface area contributed by atoms with Crippen LogP contribution in [0.3, 0.4) is 0 Å². The summed E-state index contributed by atoms with van der Waals surface area (Å²) in [7, 11) is 4.12. The van der Waals surface area contributed by atoms with Crippen molar-refractivity contribution in [2.45, 2.75) is 25.8 Å². The Balaban J connectivity index is 2.52. The van der Waals surface area contributed by atoms with Crippen molar-refractivity contribution in [3.05, 3.63) is 34.3 Å². The molecule has 0 aliphatic heterocycles. The smallest absolute Gasteiger partial charge is 0.0441 e. The predicted molar refractivity (Wildman–Crippen MR) is 71.0 cm³/mol. The minimum atomic E-state index is 0.183. The monoisotopic (exact) mass is 240 g/mol. The molecule has 2 nitrogen and oxygen atoms in total. The van der Waals surface area contributed by atoms with Crippen LogP contribution in [-0.4, -0.2) is 31.6 Å². The average molecular weight is 241 g/mol. The van der Waals surface area contributed by atoms with Crippen LogP contribution < -0.4 is 5.73 Å². The van der Waals surface area contributed by atoms with Crippen LogP contribution in [0.1, 0.15) is 17.5 Å². The number of aryl methyl sites for hydroxylation is 1. The summed E-state index contributed by atoms with van der Waals surface area (Å²) in [6, 6.07) is 6.34. The first-order valence-corrected chi connectivity index (χ1v) is 6.02. The van der Waals surface area contributed by atoms with Crippen molar-refractivity contribution in [2.75, 3.05) is 20.6 Å². The molecule has 0 radical (unpaired) electrons. The quantitative estimate of drug-likeness (QED) is 0.857. The maximum absolute atomic E-state index is 6.17. The topological polar surface area (TPSA) is 29.3 Å². The highest BCUT2D eigenvalue weighted by atomic mass is 35.5. The van der Waals surface area contributed by atoms with E-state index in [0.717, 1.165) is 30.0 Å². The third kappa shape index (κ3) is 4.52. The second kappa shape index (κ2) is 6.24. The molecule has 1 atom stereocenters. The van der Waals surface area contributed by atoms with Gasteiger partial charge in [0.05, 0.1) is 0 Å². The van der Waals surface area contributed by atoms with Gasteiger partial charge in [-0.2, -0.15) is 0 Å². The zero-order valence-electron chi connectivity index (χ0n) is 10.3. The molecule has 0 amide bonds. The molecule has 2 N–H and O–H groups in total. The van der Waals surface area contributed by atoms with E-state index in [2.05, 4.69) is 31.1 Å². The largest absolute Gasteiger partial charge is 0.327 e. The first-order chi connectivity index (χ1) is 7.49. The third-order valence-corrected chi connectivity index (χ3v) is 2.99. The molecule has 1 unspecified atom stereocenters. The molecule has 3 heteroatoms. The molecule has 0 spiro atoms. The van der Waals surface area contributed by atoms with Crippen molar-refractivity contribution in [2.24, 2.45) is 5.73 Å². The van der Waals surface area contributed by atoms with E-state index in [4.69, 9.17) is 17.3 Å². The third-order valence-electron chi connectivity index (χ3n) is 2.64. The maximum atomic E-state index is 6.17. The summed E-state index contributed by atoms with van der Waals surface area (Å²) >= 11 is 6.17. The Morgan fingerprint density at radius 2 is 2.06 bits per heavy atom. The van der Waals surface area contributed by atoms with Gasteiger partial charge in [0, 0.05) is 11.1 Å². The van der Waals surface area contributed by atoms with Crippen LogP contribution in [0.2, 0.25) is 5.02 Å². The molecule has 0 heterocycles. The second-order valence-electron chi connectivity index (χ2n) is 4.65. The molecule has 0 saturated carbocycles. The lowest BCUT2D eigenvalue weighted by molar-refractivity contribution is 0.379. The number of nitrogens with two attached hydrogens (primary N) is 1. The Morgan fingerprint density at radius 3 is 2.62 bits per heavy atom. The zero-order valence-corrected chi connectivity index (χ0v) is 11.1. The molecule has 0 fully saturated rings. The van der Waals surface area contributed by atoms with E-state index < -0.39 is 0 Å². The van der Waals surface area contributed by atoms with E-state index in [1.165, 1.54) is 5.56 Å². The summed E-state index contributed by atoms with van der Waals surface area (Å²) in [5, 5.41) is 0.834. The van der Waals surface area contributed by atoms with Gasteiger partial charge in [0.25, 0.3) is 0 Å². The average Bonchev–Trinajstić information content (AvgIpc) is 2.19. The summed E-state index contributed by atoms with van der Waals surface area (Å²) in [6.45, 7) is 3.06. The van der Waals surface area contributed by atoms with Gasteiger partial charge < -0.3 is 10.6 Å². The van der Waals surface area contributed by atoms with Gasteiger partial charge in [-0.3, -0.25) is 0 Å². The van der Waals surface area contributed by atoms with Crippen molar-refractivity contribution in [1.82, 2.24) is 4.90 Å². The number of hydrogen-bond acceptors (Lipinski definition) is 2. The molecule has 16 heavy (non-hydrogen) atoms. The number of rotatable bonds is 5. The van der Waals surface area contributed by atoms with Crippen LogP contribution in [0.4, 0.5) is 0 Å². The Morgan fingerprint density at radius 1 is 1.38 bits per heavy atom. The Kier molecular flexibility index (Phi) is 5.26. The van der Waals surface area contributed by atoms with Crippen molar-refractivity contribution >= 4 is 11.6 Å². The van der Waals surface area contributed by atoms with Crippen molar-refractivity contribution < 1.29 is 0 Å². The molecule has 1 rings (SSSR count). The molecule has 1 aromatic rings. The summed E-state index contributed by atoms with van der Waals surface area (Å²) in [4.78, 5) is 2.15. The van der Waals surface area contributed by atoms with Gasteiger partial charge in [-0.05, 0) is 57.6 Å². The van der Waals surface area contributed by atoms with Crippen LogP contribution in [0.5, 0.6) is 0 Å². The van der Waals surface area contributed by atoms with Gasteiger partial charge in [-0.15, -0.1) is 0 Å². The Hall–Kier alpha value is -0.570. The van der Waals surface area contributed by atoms with Crippen LogP contribution in [0.25, 0.3) is 0 Å². The van der Waals surface area contributed by atoms with Gasteiger partial charge in [-0.25, -0.2) is 0 Å². The van der Waals surface area contributed by atoms with E-state index >= 15 is 0 Å². The lowest BCUT2D eigenvalue weighted by atomic mass is 10.0. The first kappa shape index (κ1) is 13.5. The van der Waals surface area contributed by atoms with Crippen molar-refractivity contribution in [3.8, 4) is 0 Å². The van der Waals surface area contributed by atoms with Gasteiger partial charge in [0.15, 0.2) is 0 Å². The minimum absolute atomic E-state index is 0.183. The van der Waals surface area contributed by atoms with Gasteiger partial charge in [-0.1, -0.05) is 23.7 Å². The molecule has 0 saturated heterocycles. The molecule has 1 aromatic carbocycles. The summed E-state index contributed by atoms with van der Waals surface area (Å²) in [6.07, 6.45) is 1.85. The highest BCUT2D eigenvalue weighted by Gasteiger charge is 2.07. The fraction of sp³-hybridized carbons (Fsp3) is 0.538. The molecule has 0 aromatic heterocycles. The first-order valence-electron chi connectivity index (χ1n) is 5.64. The summed E-state index contributed by atoms with van der Waals surface area (Å²) < 4.78 is 0. The molecule has 0 aliphatic carbocycles. The van der Waals surface area contributed by atoms with E-state index in [1.54, 1.807) is 0 Å². The Bertz CT molecular complexity index is 337. The van der Waals surface area contributed by atoms with Gasteiger partial charge in [0.1, 0.15) is 0 Å². The molecular formula is C13H21ClN2. The predicted octanol–water partition coefficient (Wildman–Crippen LogP) is 2.47. The number of hydrogen-bond donors (Lipinski definition) is 1.